The number of hydrogen-bond acceptors (Lipinski definition) is 4. The number of rotatable bonds is 6. The summed E-state index contributed by atoms with van der Waals surface area (Å²) in [5.41, 5.74) is 4.00. The van der Waals surface area contributed by atoms with Gasteiger partial charge in [0.1, 0.15) is 17.1 Å². The van der Waals surface area contributed by atoms with Crippen LogP contribution in [0.1, 0.15) is 37.7 Å². The minimum absolute atomic E-state index is 0.174. The monoisotopic (exact) mass is 389 g/mol. The molecule has 2 aromatic carbocycles. The summed E-state index contributed by atoms with van der Waals surface area (Å²) in [6.07, 6.45) is 0. The maximum atomic E-state index is 12.6. The number of nitrogens with zero attached hydrogens (tertiary/aromatic N) is 1. The van der Waals surface area contributed by atoms with Gasteiger partial charge in [-0.25, -0.2) is 4.98 Å². The molecule has 0 saturated heterocycles. The molecule has 0 aliphatic rings. The van der Waals surface area contributed by atoms with Gasteiger partial charge in [-0.1, -0.05) is 30.3 Å². The van der Waals surface area contributed by atoms with E-state index in [9.17, 15) is 9.59 Å². The third-order valence-electron chi connectivity index (χ3n) is 4.33. The minimum Gasteiger partial charge on any atom is -0.496 e. The highest BCUT2D eigenvalue weighted by atomic mass is 16.5. The SMILES string of the molecule is COc1ccccc1CNC(=O)c1cccc(C(=O)Nc2cc(C)cc(C)c2)n1. The number of hydrogen-bond donors (Lipinski definition) is 2. The normalized spacial score (nSPS) is 10.3. The van der Waals surface area contributed by atoms with Crippen LogP contribution in [-0.2, 0) is 6.54 Å². The standard InChI is InChI=1S/C23H23N3O3/c1-15-11-16(2)13-18(12-15)25-23(28)20-9-6-8-19(26-20)22(27)24-14-17-7-4-5-10-21(17)29-3/h4-13H,14H2,1-3H3,(H,24,27)(H,25,28). The van der Waals surface area contributed by atoms with Crippen molar-refractivity contribution in [2.45, 2.75) is 20.4 Å². The fraction of sp³-hybridized carbons (Fsp3) is 0.174. The number of para-hydroxylation sites is 1. The minimum atomic E-state index is -0.366. The molecule has 2 amide bonds. The van der Waals surface area contributed by atoms with Crippen molar-refractivity contribution in [3.63, 3.8) is 0 Å². The van der Waals surface area contributed by atoms with Crippen LogP contribution in [0.4, 0.5) is 5.69 Å². The largest absolute Gasteiger partial charge is 0.496 e. The first kappa shape index (κ1) is 20.1. The lowest BCUT2D eigenvalue weighted by molar-refractivity contribution is 0.0945. The number of methoxy groups -OCH3 is 1. The Balaban J connectivity index is 1.69. The first-order valence-electron chi connectivity index (χ1n) is 9.23. The van der Waals surface area contributed by atoms with Gasteiger partial charge in [-0.05, 0) is 55.3 Å². The van der Waals surface area contributed by atoms with E-state index in [1.807, 2.05) is 56.3 Å². The molecule has 0 bridgehead atoms. The second-order valence-corrected chi connectivity index (χ2v) is 6.73. The van der Waals surface area contributed by atoms with E-state index in [1.165, 1.54) is 0 Å². The summed E-state index contributed by atoms with van der Waals surface area (Å²) in [7, 11) is 1.58. The summed E-state index contributed by atoms with van der Waals surface area (Å²) in [6, 6.07) is 18.0. The molecule has 0 aliphatic heterocycles. The number of aromatic nitrogens is 1. The molecule has 6 nitrogen and oxygen atoms in total. The van der Waals surface area contributed by atoms with Crippen LogP contribution < -0.4 is 15.4 Å². The third-order valence-corrected chi connectivity index (χ3v) is 4.33. The maximum absolute atomic E-state index is 12.6. The average molecular weight is 389 g/mol. The summed E-state index contributed by atoms with van der Waals surface area (Å²) in [4.78, 5) is 29.3. The van der Waals surface area contributed by atoms with Gasteiger partial charge in [0, 0.05) is 17.8 Å². The Kier molecular flexibility index (Phi) is 6.24. The Morgan fingerprint density at radius 3 is 2.24 bits per heavy atom. The van der Waals surface area contributed by atoms with Gasteiger partial charge in [-0.3, -0.25) is 9.59 Å². The van der Waals surface area contributed by atoms with Crippen molar-refractivity contribution >= 4 is 17.5 Å². The molecule has 3 rings (SSSR count). The van der Waals surface area contributed by atoms with Gasteiger partial charge in [-0.2, -0.15) is 0 Å². The van der Waals surface area contributed by atoms with Crippen molar-refractivity contribution < 1.29 is 14.3 Å². The molecule has 0 aliphatic carbocycles. The number of carbonyl (C=O) groups is 2. The van der Waals surface area contributed by atoms with E-state index >= 15 is 0 Å². The number of ether oxygens (including phenoxy) is 1. The van der Waals surface area contributed by atoms with Gasteiger partial charge in [0.25, 0.3) is 11.8 Å². The van der Waals surface area contributed by atoms with Crippen LogP contribution in [0.5, 0.6) is 5.75 Å². The van der Waals surface area contributed by atoms with E-state index in [-0.39, 0.29) is 23.2 Å². The Morgan fingerprint density at radius 1 is 0.897 bits per heavy atom. The number of benzene rings is 2. The fourth-order valence-corrected chi connectivity index (χ4v) is 3.04. The van der Waals surface area contributed by atoms with Crippen molar-refractivity contribution in [3.8, 4) is 5.75 Å². The molecule has 0 unspecified atom stereocenters. The van der Waals surface area contributed by atoms with E-state index in [2.05, 4.69) is 15.6 Å². The van der Waals surface area contributed by atoms with Crippen molar-refractivity contribution in [2.75, 3.05) is 12.4 Å². The lowest BCUT2D eigenvalue weighted by Crippen LogP contribution is -2.25. The Labute approximate surface area is 169 Å². The molecule has 0 fully saturated rings. The third kappa shape index (κ3) is 5.19. The summed E-state index contributed by atoms with van der Waals surface area (Å²) in [6.45, 7) is 4.23. The molecule has 3 aromatic rings. The highest BCUT2D eigenvalue weighted by molar-refractivity contribution is 6.04. The molecule has 148 valence electrons. The van der Waals surface area contributed by atoms with E-state index < -0.39 is 0 Å². The summed E-state index contributed by atoms with van der Waals surface area (Å²) in [5.74, 6) is -0.0336. The van der Waals surface area contributed by atoms with Gasteiger partial charge in [0.15, 0.2) is 0 Å². The zero-order chi connectivity index (χ0) is 20.8. The van der Waals surface area contributed by atoms with Gasteiger partial charge in [0.2, 0.25) is 0 Å². The second kappa shape index (κ2) is 9.01. The fourth-order valence-electron chi connectivity index (χ4n) is 3.04. The number of amides is 2. The first-order chi connectivity index (χ1) is 14.0. The lowest BCUT2D eigenvalue weighted by Gasteiger charge is -2.10. The van der Waals surface area contributed by atoms with Crippen LogP contribution >= 0.6 is 0 Å². The number of anilines is 1. The number of nitrogens with one attached hydrogen (secondary N) is 2. The molecule has 29 heavy (non-hydrogen) atoms. The number of pyridine rings is 1. The molecule has 0 saturated carbocycles. The van der Waals surface area contributed by atoms with E-state index in [1.54, 1.807) is 25.3 Å². The molecular formula is C23H23N3O3. The topological polar surface area (TPSA) is 80.3 Å². The number of carbonyl (C=O) groups excluding carboxylic acids is 2. The summed E-state index contributed by atoms with van der Waals surface area (Å²) >= 11 is 0. The molecule has 0 atom stereocenters. The van der Waals surface area contributed by atoms with Crippen LogP contribution in [-0.4, -0.2) is 23.9 Å². The molecular weight excluding hydrogens is 366 g/mol. The smallest absolute Gasteiger partial charge is 0.274 e. The lowest BCUT2D eigenvalue weighted by atomic mass is 10.1. The predicted molar refractivity (Wildman–Crippen MR) is 112 cm³/mol. The van der Waals surface area contributed by atoms with Crippen LogP contribution in [0, 0.1) is 13.8 Å². The first-order valence-corrected chi connectivity index (χ1v) is 9.23. The highest BCUT2D eigenvalue weighted by Gasteiger charge is 2.13. The van der Waals surface area contributed by atoms with Crippen molar-refractivity contribution in [3.05, 3.63) is 88.7 Å². The van der Waals surface area contributed by atoms with Crippen molar-refractivity contribution in [2.24, 2.45) is 0 Å². The molecule has 1 heterocycles. The van der Waals surface area contributed by atoms with Crippen LogP contribution in [0.25, 0.3) is 0 Å². The van der Waals surface area contributed by atoms with Crippen LogP contribution in [0.3, 0.4) is 0 Å². The number of aryl methyl sites for hydroxylation is 2. The quantitative estimate of drug-likeness (QED) is 0.670. The molecule has 2 N–H and O–H groups in total. The summed E-state index contributed by atoms with van der Waals surface area (Å²) < 4.78 is 5.29. The summed E-state index contributed by atoms with van der Waals surface area (Å²) in [5, 5.41) is 5.64. The Bertz CT molecular complexity index is 1030. The van der Waals surface area contributed by atoms with Crippen LogP contribution in [0.2, 0.25) is 0 Å². The van der Waals surface area contributed by atoms with E-state index in [0.29, 0.717) is 18.0 Å². The molecule has 0 radical (unpaired) electrons. The second-order valence-electron chi connectivity index (χ2n) is 6.73. The Hall–Kier alpha value is -3.67. The van der Waals surface area contributed by atoms with Gasteiger partial charge in [-0.15, -0.1) is 0 Å². The maximum Gasteiger partial charge on any atom is 0.274 e. The van der Waals surface area contributed by atoms with E-state index in [0.717, 1.165) is 16.7 Å². The zero-order valence-electron chi connectivity index (χ0n) is 16.7. The zero-order valence-corrected chi connectivity index (χ0v) is 16.7. The van der Waals surface area contributed by atoms with E-state index in [4.69, 9.17) is 4.74 Å². The van der Waals surface area contributed by atoms with Crippen molar-refractivity contribution in [1.29, 1.82) is 0 Å². The van der Waals surface area contributed by atoms with Crippen molar-refractivity contribution in [1.82, 2.24) is 10.3 Å². The predicted octanol–water partition coefficient (Wildman–Crippen LogP) is 3.89. The van der Waals surface area contributed by atoms with Crippen LogP contribution in [0.15, 0.2) is 60.7 Å². The highest BCUT2D eigenvalue weighted by Crippen LogP contribution is 2.17. The molecule has 1 aromatic heterocycles. The van der Waals surface area contributed by atoms with Gasteiger partial charge >= 0.3 is 0 Å². The average Bonchev–Trinajstić information content (AvgIpc) is 2.71. The van der Waals surface area contributed by atoms with Gasteiger partial charge < -0.3 is 15.4 Å². The Morgan fingerprint density at radius 2 is 1.55 bits per heavy atom. The van der Waals surface area contributed by atoms with Gasteiger partial charge in [0.05, 0.1) is 7.11 Å². The molecule has 6 heteroatoms. The molecule has 0 spiro atoms.